The van der Waals surface area contributed by atoms with E-state index in [1.165, 1.54) is 6.33 Å². The zero-order chi connectivity index (χ0) is 13.9. The summed E-state index contributed by atoms with van der Waals surface area (Å²) in [5.74, 6) is -0.500. The Labute approximate surface area is 114 Å². The second-order valence-electron chi connectivity index (χ2n) is 4.64. The zero-order valence-electron chi connectivity index (χ0n) is 10.7. The predicted octanol–water partition coefficient (Wildman–Crippen LogP) is 1.27. The van der Waals surface area contributed by atoms with Crippen molar-refractivity contribution in [3.8, 4) is 11.6 Å². The van der Waals surface area contributed by atoms with Crippen molar-refractivity contribution in [2.45, 2.75) is 31.8 Å². The van der Waals surface area contributed by atoms with Crippen molar-refractivity contribution in [3.05, 3.63) is 17.8 Å². The summed E-state index contributed by atoms with van der Waals surface area (Å²) in [6.45, 7) is 0.763. The Kier molecular flexibility index (Phi) is 3.46. The predicted molar refractivity (Wildman–Crippen MR) is 66.1 cm³/mol. The van der Waals surface area contributed by atoms with Crippen molar-refractivity contribution in [1.29, 1.82) is 0 Å². The van der Waals surface area contributed by atoms with E-state index in [0.29, 0.717) is 12.2 Å². The lowest BCUT2D eigenvalue weighted by molar-refractivity contribution is 0.0153. The summed E-state index contributed by atoms with van der Waals surface area (Å²) in [5, 5.41) is 12.9. The van der Waals surface area contributed by atoms with Gasteiger partial charge in [-0.05, 0) is 19.3 Å². The van der Waals surface area contributed by atoms with Crippen molar-refractivity contribution in [1.82, 2.24) is 20.1 Å². The molecule has 1 aliphatic rings. The van der Waals surface area contributed by atoms with Crippen LogP contribution >= 0.6 is 0 Å². The standard InChI is InChI=1S/C12H14N4O4/c17-12(18)10-9(13-6-14-10)11-15-8(16-20-11)5-7-3-1-2-4-19-7/h6-7H,1-5H2,(H,13,14)(H,17,18). The highest BCUT2D eigenvalue weighted by molar-refractivity contribution is 5.91. The number of carboxylic acid groups (broad SMARTS) is 1. The molecular weight excluding hydrogens is 264 g/mol. The van der Waals surface area contributed by atoms with Gasteiger partial charge in [-0.1, -0.05) is 5.16 Å². The van der Waals surface area contributed by atoms with Crippen LogP contribution in [0.3, 0.4) is 0 Å². The molecule has 2 aromatic rings. The van der Waals surface area contributed by atoms with Gasteiger partial charge in [0, 0.05) is 13.0 Å². The maximum Gasteiger partial charge on any atom is 0.356 e. The molecule has 0 spiro atoms. The van der Waals surface area contributed by atoms with Gasteiger partial charge in [-0.15, -0.1) is 0 Å². The molecule has 1 aliphatic heterocycles. The highest BCUT2D eigenvalue weighted by Crippen LogP contribution is 2.20. The van der Waals surface area contributed by atoms with E-state index in [1.807, 2.05) is 0 Å². The molecule has 3 heterocycles. The largest absolute Gasteiger partial charge is 0.476 e. The number of rotatable bonds is 4. The smallest absolute Gasteiger partial charge is 0.356 e. The number of hydrogen-bond acceptors (Lipinski definition) is 6. The van der Waals surface area contributed by atoms with Crippen LogP contribution in [0.4, 0.5) is 0 Å². The fraction of sp³-hybridized carbons (Fsp3) is 0.500. The molecule has 2 aromatic heterocycles. The lowest BCUT2D eigenvalue weighted by Crippen LogP contribution is -2.21. The number of carboxylic acids is 1. The quantitative estimate of drug-likeness (QED) is 0.865. The highest BCUT2D eigenvalue weighted by atomic mass is 16.5. The third kappa shape index (κ3) is 2.55. The number of nitrogens with one attached hydrogen (secondary N) is 1. The summed E-state index contributed by atoms with van der Waals surface area (Å²) in [6, 6.07) is 0. The number of aromatic amines is 1. The summed E-state index contributed by atoms with van der Waals surface area (Å²) >= 11 is 0. The van der Waals surface area contributed by atoms with Crippen LogP contribution in [0.15, 0.2) is 10.9 Å². The van der Waals surface area contributed by atoms with Gasteiger partial charge in [0.2, 0.25) is 0 Å². The van der Waals surface area contributed by atoms with Gasteiger partial charge in [0.15, 0.2) is 11.5 Å². The molecule has 1 atom stereocenters. The van der Waals surface area contributed by atoms with Crippen molar-refractivity contribution in [3.63, 3.8) is 0 Å². The SMILES string of the molecule is O=C(O)c1nc[nH]c1-c1nc(CC2CCCCO2)no1. The molecule has 1 fully saturated rings. The van der Waals surface area contributed by atoms with Gasteiger partial charge in [-0.25, -0.2) is 9.78 Å². The van der Waals surface area contributed by atoms with E-state index >= 15 is 0 Å². The molecule has 0 saturated carbocycles. The molecule has 20 heavy (non-hydrogen) atoms. The van der Waals surface area contributed by atoms with Crippen LogP contribution in [0.2, 0.25) is 0 Å². The first-order valence-electron chi connectivity index (χ1n) is 6.45. The molecular formula is C12H14N4O4. The molecule has 0 amide bonds. The normalized spacial score (nSPS) is 19.1. The van der Waals surface area contributed by atoms with E-state index in [9.17, 15) is 4.79 Å². The molecule has 1 unspecified atom stereocenters. The summed E-state index contributed by atoms with van der Waals surface area (Å²) in [6.07, 6.45) is 5.17. The van der Waals surface area contributed by atoms with Gasteiger partial charge in [0.25, 0.3) is 5.89 Å². The first-order valence-corrected chi connectivity index (χ1v) is 6.45. The minimum Gasteiger partial charge on any atom is -0.476 e. The van der Waals surface area contributed by atoms with Crippen molar-refractivity contribution >= 4 is 5.97 Å². The lowest BCUT2D eigenvalue weighted by atomic mass is 10.1. The molecule has 106 valence electrons. The first kappa shape index (κ1) is 12.8. The molecule has 8 nitrogen and oxygen atoms in total. The molecule has 3 rings (SSSR count). The fourth-order valence-corrected chi connectivity index (χ4v) is 2.23. The van der Waals surface area contributed by atoms with Gasteiger partial charge in [0.1, 0.15) is 5.69 Å². The molecule has 0 radical (unpaired) electrons. The molecule has 0 aliphatic carbocycles. The number of hydrogen-bond donors (Lipinski definition) is 2. The van der Waals surface area contributed by atoms with E-state index in [2.05, 4.69) is 20.1 Å². The number of H-pyrrole nitrogens is 1. The molecule has 0 aromatic carbocycles. The number of nitrogens with zero attached hydrogens (tertiary/aromatic N) is 3. The Balaban J connectivity index is 1.76. The van der Waals surface area contributed by atoms with Crippen LogP contribution in [-0.2, 0) is 11.2 Å². The van der Waals surface area contributed by atoms with Crippen LogP contribution in [-0.4, -0.2) is 43.9 Å². The summed E-state index contributed by atoms with van der Waals surface area (Å²) < 4.78 is 10.7. The van der Waals surface area contributed by atoms with Gasteiger partial charge < -0.3 is 19.4 Å². The second-order valence-corrected chi connectivity index (χ2v) is 4.64. The molecule has 0 bridgehead atoms. The lowest BCUT2D eigenvalue weighted by Gasteiger charge is -2.20. The van der Waals surface area contributed by atoms with E-state index in [4.69, 9.17) is 14.4 Å². The number of imidazole rings is 1. The zero-order valence-corrected chi connectivity index (χ0v) is 10.7. The second kappa shape index (κ2) is 5.41. The van der Waals surface area contributed by atoms with Crippen molar-refractivity contribution in [2.24, 2.45) is 0 Å². The Morgan fingerprint density at radius 2 is 2.40 bits per heavy atom. The van der Waals surface area contributed by atoms with Gasteiger partial charge in [-0.3, -0.25) is 0 Å². The maximum atomic E-state index is 11.0. The minimum absolute atomic E-state index is 0.106. The highest BCUT2D eigenvalue weighted by Gasteiger charge is 2.22. The van der Waals surface area contributed by atoms with E-state index < -0.39 is 5.97 Å². The number of aromatic carboxylic acids is 1. The third-order valence-corrected chi connectivity index (χ3v) is 3.21. The van der Waals surface area contributed by atoms with Gasteiger partial charge >= 0.3 is 5.97 Å². The summed E-state index contributed by atoms with van der Waals surface area (Å²) in [4.78, 5) is 21.6. The van der Waals surface area contributed by atoms with E-state index in [0.717, 1.165) is 25.9 Å². The molecule has 1 saturated heterocycles. The number of aromatic nitrogens is 4. The Bertz CT molecular complexity index is 600. The van der Waals surface area contributed by atoms with Crippen LogP contribution in [0.25, 0.3) is 11.6 Å². The van der Waals surface area contributed by atoms with Crippen LogP contribution in [0.1, 0.15) is 35.6 Å². The van der Waals surface area contributed by atoms with Gasteiger partial charge in [0.05, 0.1) is 12.4 Å². The van der Waals surface area contributed by atoms with Crippen LogP contribution in [0.5, 0.6) is 0 Å². The molecule has 8 heteroatoms. The third-order valence-electron chi connectivity index (χ3n) is 3.21. The van der Waals surface area contributed by atoms with Crippen LogP contribution < -0.4 is 0 Å². The topological polar surface area (TPSA) is 114 Å². The number of ether oxygens (including phenoxy) is 1. The maximum absolute atomic E-state index is 11.0. The summed E-state index contributed by atoms with van der Waals surface area (Å²) in [5.41, 5.74) is 0.0925. The average molecular weight is 278 g/mol. The van der Waals surface area contributed by atoms with Crippen molar-refractivity contribution < 1.29 is 19.2 Å². The van der Waals surface area contributed by atoms with Gasteiger partial charge in [-0.2, -0.15) is 4.98 Å². The average Bonchev–Trinajstić information content (AvgIpc) is 3.07. The van der Waals surface area contributed by atoms with Crippen molar-refractivity contribution in [2.75, 3.05) is 6.61 Å². The number of carbonyl (C=O) groups is 1. The summed E-state index contributed by atoms with van der Waals surface area (Å²) in [7, 11) is 0. The van der Waals surface area contributed by atoms with Crippen LogP contribution in [0, 0.1) is 0 Å². The Morgan fingerprint density at radius 1 is 1.50 bits per heavy atom. The Morgan fingerprint density at radius 3 is 3.15 bits per heavy atom. The Hall–Kier alpha value is -2.22. The monoisotopic (exact) mass is 278 g/mol. The molecule has 2 N–H and O–H groups in total. The minimum atomic E-state index is -1.14. The first-order chi connectivity index (χ1) is 9.74. The van der Waals surface area contributed by atoms with E-state index in [1.54, 1.807) is 0 Å². The fourth-order valence-electron chi connectivity index (χ4n) is 2.23. The van der Waals surface area contributed by atoms with E-state index in [-0.39, 0.29) is 23.4 Å².